The molecule has 1 aromatic heterocycles. The second-order valence-electron chi connectivity index (χ2n) is 5.68. The molecule has 7 heteroatoms. The molecule has 130 valence electrons. The van der Waals surface area contributed by atoms with E-state index in [4.69, 9.17) is 10.5 Å². The SMILES string of the molecule is Cc1cc(C(=O)Nc2cccc(C#N)c2)nc(Nc2cccc(C#N)c2)n1. The molecular formula is C20H14N6O. The Morgan fingerprint density at radius 1 is 0.926 bits per heavy atom. The van der Waals surface area contributed by atoms with Gasteiger partial charge in [0.15, 0.2) is 0 Å². The quantitative estimate of drug-likeness (QED) is 0.741. The number of nitriles is 2. The molecule has 0 fully saturated rings. The number of hydrogen-bond acceptors (Lipinski definition) is 6. The van der Waals surface area contributed by atoms with Gasteiger partial charge in [-0.3, -0.25) is 4.79 Å². The van der Waals surface area contributed by atoms with Crippen molar-refractivity contribution in [2.75, 3.05) is 10.6 Å². The fourth-order valence-corrected chi connectivity index (χ4v) is 2.40. The number of nitrogens with zero attached hydrogens (tertiary/aromatic N) is 4. The highest BCUT2D eigenvalue weighted by Gasteiger charge is 2.12. The third kappa shape index (κ3) is 4.44. The largest absolute Gasteiger partial charge is 0.324 e. The van der Waals surface area contributed by atoms with Crippen LogP contribution in [0.5, 0.6) is 0 Å². The molecule has 1 heterocycles. The third-order valence-corrected chi connectivity index (χ3v) is 3.58. The van der Waals surface area contributed by atoms with Crippen LogP contribution in [-0.2, 0) is 0 Å². The number of rotatable bonds is 4. The maximum Gasteiger partial charge on any atom is 0.274 e. The summed E-state index contributed by atoms with van der Waals surface area (Å²) in [6, 6.07) is 19.2. The standard InChI is InChI=1S/C20H14N6O/c1-13-8-18(19(27)24-16-6-2-4-14(9-16)11-21)26-20(23-13)25-17-7-3-5-15(10-17)12-22/h2-10H,1H3,(H,24,27)(H,23,25,26). The second-order valence-corrected chi connectivity index (χ2v) is 5.68. The molecule has 0 bridgehead atoms. The van der Waals surface area contributed by atoms with Crippen LogP contribution in [0.25, 0.3) is 0 Å². The topological polar surface area (TPSA) is 114 Å². The van der Waals surface area contributed by atoms with E-state index in [1.165, 1.54) is 0 Å². The first kappa shape index (κ1) is 17.6. The molecule has 27 heavy (non-hydrogen) atoms. The van der Waals surface area contributed by atoms with Gasteiger partial charge in [0.25, 0.3) is 5.91 Å². The van der Waals surface area contributed by atoms with Crippen molar-refractivity contribution in [2.45, 2.75) is 6.92 Å². The van der Waals surface area contributed by atoms with Crippen LogP contribution in [0, 0.1) is 29.6 Å². The Morgan fingerprint density at radius 2 is 1.56 bits per heavy atom. The third-order valence-electron chi connectivity index (χ3n) is 3.58. The number of aryl methyl sites for hydroxylation is 1. The fraction of sp³-hybridized carbons (Fsp3) is 0.0500. The summed E-state index contributed by atoms with van der Waals surface area (Å²) >= 11 is 0. The lowest BCUT2D eigenvalue weighted by molar-refractivity contribution is 0.102. The Labute approximate surface area is 155 Å². The summed E-state index contributed by atoms with van der Waals surface area (Å²) in [6.07, 6.45) is 0. The van der Waals surface area contributed by atoms with Gasteiger partial charge < -0.3 is 10.6 Å². The van der Waals surface area contributed by atoms with Crippen LogP contribution in [0.1, 0.15) is 27.3 Å². The van der Waals surface area contributed by atoms with Gasteiger partial charge in [0.1, 0.15) is 5.69 Å². The molecule has 0 saturated heterocycles. The number of nitrogens with one attached hydrogen (secondary N) is 2. The van der Waals surface area contributed by atoms with Gasteiger partial charge in [-0.1, -0.05) is 12.1 Å². The summed E-state index contributed by atoms with van der Waals surface area (Å²) in [6.45, 7) is 1.76. The predicted molar refractivity (Wildman–Crippen MR) is 100 cm³/mol. The number of aromatic nitrogens is 2. The number of amides is 1. The summed E-state index contributed by atoms with van der Waals surface area (Å²) in [5, 5.41) is 23.7. The van der Waals surface area contributed by atoms with E-state index in [1.54, 1.807) is 61.5 Å². The normalized spacial score (nSPS) is 9.74. The average Bonchev–Trinajstić information content (AvgIpc) is 2.67. The van der Waals surface area contributed by atoms with Gasteiger partial charge >= 0.3 is 0 Å². The van der Waals surface area contributed by atoms with Gasteiger partial charge in [0.2, 0.25) is 5.95 Å². The number of carbonyl (C=O) groups is 1. The van der Waals surface area contributed by atoms with Crippen molar-refractivity contribution in [1.82, 2.24) is 9.97 Å². The van der Waals surface area contributed by atoms with E-state index in [0.717, 1.165) is 0 Å². The first-order chi connectivity index (χ1) is 13.1. The Hall–Kier alpha value is -4.23. The minimum atomic E-state index is -0.413. The van der Waals surface area contributed by atoms with Gasteiger partial charge in [-0.2, -0.15) is 10.5 Å². The lowest BCUT2D eigenvalue weighted by Gasteiger charge is -2.09. The van der Waals surface area contributed by atoms with Crippen molar-refractivity contribution in [3.8, 4) is 12.1 Å². The Kier molecular flexibility index (Phi) is 5.06. The van der Waals surface area contributed by atoms with E-state index < -0.39 is 5.91 Å². The number of carbonyl (C=O) groups excluding carboxylic acids is 1. The van der Waals surface area contributed by atoms with E-state index in [9.17, 15) is 4.79 Å². The van der Waals surface area contributed by atoms with Crippen molar-refractivity contribution in [3.05, 3.63) is 77.1 Å². The van der Waals surface area contributed by atoms with Crippen LogP contribution in [0.15, 0.2) is 54.6 Å². The zero-order chi connectivity index (χ0) is 19.2. The first-order valence-corrected chi connectivity index (χ1v) is 8.02. The average molecular weight is 354 g/mol. The maximum atomic E-state index is 12.5. The lowest BCUT2D eigenvalue weighted by atomic mass is 10.2. The van der Waals surface area contributed by atoms with Crippen molar-refractivity contribution in [1.29, 1.82) is 10.5 Å². The van der Waals surface area contributed by atoms with Crippen LogP contribution in [0.2, 0.25) is 0 Å². The molecule has 7 nitrogen and oxygen atoms in total. The maximum absolute atomic E-state index is 12.5. The number of hydrogen-bond donors (Lipinski definition) is 2. The molecular weight excluding hydrogens is 340 g/mol. The smallest absolute Gasteiger partial charge is 0.274 e. The number of benzene rings is 2. The molecule has 0 aliphatic rings. The minimum absolute atomic E-state index is 0.184. The van der Waals surface area contributed by atoms with Crippen molar-refractivity contribution >= 4 is 23.2 Å². The zero-order valence-electron chi connectivity index (χ0n) is 14.4. The van der Waals surface area contributed by atoms with Gasteiger partial charge in [-0.15, -0.1) is 0 Å². The highest BCUT2D eigenvalue weighted by molar-refractivity contribution is 6.03. The summed E-state index contributed by atoms with van der Waals surface area (Å²) in [7, 11) is 0. The second kappa shape index (κ2) is 7.77. The Morgan fingerprint density at radius 3 is 2.22 bits per heavy atom. The van der Waals surface area contributed by atoms with Crippen molar-refractivity contribution in [2.24, 2.45) is 0 Å². The summed E-state index contributed by atoms with van der Waals surface area (Å²) < 4.78 is 0. The van der Waals surface area contributed by atoms with Crippen LogP contribution in [0.3, 0.4) is 0 Å². The van der Waals surface area contributed by atoms with E-state index in [-0.39, 0.29) is 11.6 Å². The number of anilines is 3. The summed E-state index contributed by atoms with van der Waals surface area (Å²) in [4.78, 5) is 21.0. The molecule has 0 atom stereocenters. The summed E-state index contributed by atoms with van der Waals surface area (Å²) in [5.74, 6) is -0.162. The Bertz CT molecular complexity index is 1090. The highest BCUT2D eigenvalue weighted by atomic mass is 16.1. The molecule has 0 aliphatic carbocycles. The molecule has 0 radical (unpaired) electrons. The van der Waals surface area contributed by atoms with Crippen molar-refractivity contribution < 1.29 is 4.79 Å². The summed E-state index contributed by atoms with van der Waals surface area (Å²) in [5.41, 5.74) is 2.90. The van der Waals surface area contributed by atoms with Gasteiger partial charge in [-0.05, 0) is 49.4 Å². The molecule has 0 aliphatic heterocycles. The van der Waals surface area contributed by atoms with Gasteiger partial charge in [-0.25, -0.2) is 9.97 Å². The van der Waals surface area contributed by atoms with Gasteiger partial charge in [0.05, 0.1) is 23.3 Å². The Balaban J connectivity index is 1.83. The van der Waals surface area contributed by atoms with E-state index in [2.05, 4.69) is 26.7 Å². The molecule has 0 unspecified atom stereocenters. The highest BCUT2D eigenvalue weighted by Crippen LogP contribution is 2.16. The molecule has 3 rings (SSSR count). The molecule has 0 spiro atoms. The predicted octanol–water partition coefficient (Wildman–Crippen LogP) is 3.52. The van der Waals surface area contributed by atoms with Crippen LogP contribution in [-0.4, -0.2) is 15.9 Å². The van der Waals surface area contributed by atoms with Crippen LogP contribution >= 0.6 is 0 Å². The molecule has 1 amide bonds. The molecule has 2 N–H and O–H groups in total. The van der Waals surface area contributed by atoms with E-state index >= 15 is 0 Å². The van der Waals surface area contributed by atoms with E-state index in [1.807, 2.05) is 6.07 Å². The zero-order valence-corrected chi connectivity index (χ0v) is 14.4. The van der Waals surface area contributed by atoms with E-state index in [0.29, 0.717) is 28.2 Å². The van der Waals surface area contributed by atoms with Crippen molar-refractivity contribution in [3.63, 3.8) is 0 Å². The molecule has 0 saturated carbocycles. The fourth-order valence-electron chi connectivity index (χ4n) is 2.40. The molecule has 2 aromatic carbocycles. The first-order valence-electron chi connectivity index (χ1n) is 8.02. The minimum Gasteiger partial charge on any atom is -0.324 e. The molecule has 3 aromatic rings. The van der Waals surface area contributed by atoms with Gasteiger partial charge in [0, 0.05) is 17.1 Å². The van der Waals surface area contributed by atoms with Crippen LogP contribution < -0.4 is 10.6 Å². The lowest BCUT2D eigenvalue weighted by Crippen LogP contribution is -2.15. The monoisotopic (exact) mass is 354 g/mol. The van der Waals surface area contributed by atoms with Crippen LogP contribution in [0.4, 0.5) is 17.3 Å².